The summed E-state index contributed by atoms with van der Waals surface area (Å²) in [5, 5.41) is 1.48. The van der Waals surface area contributed by atoms with Crippen molar-refractivity contribution in [3.63, 3.8) is 0 Å². The number of halogens is 3. The van der Waals surface area contributed by atoms with Gasteiger partial charge in [-0.15, -0.1) is 0 Å². The van der Waals surface area contributed by atoms with Gasteiger partial charge in [-0.2, -0.15) is 13.2 Å². The number of benzene rings is 2. The van der Waals surface area contributed by atoms with Gasteiger partial charge in [0.15, 0.2) is 9.84 Å². The second kappa shape index (κ2) is 14.7. The molecule has 0 amide bonds. The summed E-state index contributed by atoms with van der Waals surface area (Å²) >= 11 is 0. The average molecular weight is 667 g/mol. The van der Waals surface area contributed by atoms with Gasteiger partial charge in [-0.1, -0.05) is 30.3 Å². The van der Waals surface area contributed by atoms with Crippen LogP contribution in [-0.2, 0) is 35.1 Å². The van der Waals surface area contributed by atoms with Gasteiger partial charge in [0.1, 0.15) is 11.2 Å². The van der Waals surface area contributed by atoms with Crippen molar-refractivity contribution in [1.29, 1.82) is 0 Å². The number of alkyl halides is 3. The molecule has 0 saturated heterocycles. The molecule has 254 valence electrons. The quantitative estimate of drug-likeness (QED) is 0.131. The molecule has 1 fully saturated rings. The Morgan fingerprint density at radius 1 is 0.935 bits per heavy atom. The zero-order chi connectivity index (χ0) is 34.5. The van der Waals surface area contributed by atoms with Gasteiger partial charge in [0.25, 0.3) is 0 Å². The van der Waals surface area contributed by atoms with E-state index in [0.717, 1.165) is 12.1 Å². The van der Waals surface area contributed by atoms with Crippen molar-refractivity contribution in [1.82, 2.24) is 5.01 Å². The van der Waals surface area contributed by atoms with E-state index < -0.39 is 62.6 Å². The summed E-state index contributed by atoms with van der Waals surface area (Å²) in [5.41, 5.74) is -1.93. The first-order chi connectivity index (χ1) is 21.1. The molecule has 0 aliphatic heterocycles. The smallest absolute Gasteiger partial charge is 0.416 e. The monoisotopic (exact) mass is 666 g/mol. The first-order valence-electron chi connectivity index (χ1n) is 15.3. The summed E-state index contributed by atoms with van der Waals surface area (Å²) in [6.45, 7) is 10.4. The molecule has 1 aliphatic rings. The van der Waals surface area contributed by atoms with Crippen molar-refractivity contribution in [2.45, 2.75) is 95.5 Å². The molecule has 46 heavy (non-hydrogen) atoms. The van der Waals surface area contributed by atoms with E-state index in [2.05, 4.69) is 0 Å². The molecule has 2 N–H and O–H groups in total. The van der Waals surface area contributed by atoms with Gasteiger partial charge >= 0.3 is 18.1 Å². The third kappa shape index (κ3) is 11.2. The molecule has 0 heterocycles. The number of nitrogens with zero attached hydrogens (tertiary/aromatic N) is 1. The third-order valence-electron chi connectivity index (χ3n) is 7.54. The van der Waals surface area contributed by atoms with Crippen LogP contribution in [0.5, 0.6) is 0 Å². The number of nitrogens with two attached hydrogens (primary N) is 1. The maximum atomic E-state index is 13.5. The number of hydrogen-bond acceptors (Lipinski definition) is 8. The fraction of sp³-hybridized carbons (Fsp3) is 0.529. The van der Waals surface area contributed by atoms with E-state index in [9.17, 15) is 31.2 Å². The lowest BCUT2D eigenvalue weighted by atomic mass is 9.78. The van der Waals surface area contributed by atoms with Gasteiger partial charge in [0.05, 0.1) is 22.1 Å². The zero-order valence-electron chi connectivity index (χ0n) is 27.3. The van der Waals surface area contributed by atoms with E-state index in [1.165, 1.54) is 35.4 Å². The van der Waals surface area contributed by atoms with Crippen LogP contribution >= 0.6 is 0 Å². The first-order valence-corrected chi connectivity index (χ1v) is 16.9. The van der Waals surface area contributed by atoms with Crippen LogP contribution in [-0.4, -0.2) is 54.9 Å². The van der Waals surface area contributed by atoms with Crippen molar-refractivity contribution < 1.29 is 40.7 Å². The fourth-order valence-electron chi connectivity index (χ4n) is 5.55. The van der Waals surface area contributed by atoms with E-state index in [0.29, 0.717) is 12.8 Å². The van der Waals surface area contributed by atoms with Crippen LogP contribution in [0.15, 0.2) is 65.6 Å². The van der Waals surface area contributed by atoms with E-state index in [1.807, 2.05) is 0 Å². The molecular formula is C34H45F3N2O6S. The number of ether oxygens (including phenoxy) is 2. The molecule has 2 aromatic carbocycles. The number of carbonyl (C=O) groups is 2. The Balaban J connectivity index is 1.89. The maximum Gasteiger partial charge on any atom is 0.416 e. The van der Waals surface area contributed by atoms with Gasteiger partial charge in [-0.05, 0) is 109 Å². The number of rotatable bonds is 10. The van der Waals surface area contributed by atoms with Crippen molar-refractivity contribution in [3.05, 3.63) is 71.8 Å². The molecule has 12 heteroatoms. The highest BCUT2D eigenvalue weighted by Crippen LogP contribution is 2.36. The van der Waals surface area contributed by atoms with Crippen molar-refractivity contribution >= 4 is 27.3 Å². The van der Waals surface area contributed by atoms with E-state index in [1.54, 1.807) is 59.7 Å². The van der Waals surface area contributed by atoms with Crippen LogP contribution < -0.4 is 5.84 Å². The molecule has 8 nitrogen and oxygen atoms in total. The van der Waals surface area contributed by atoms with E-state index >= 15 is 0 Å². The Bertz CT molecular complexity index is 1500. The minimum absolute atomic E-state index is 0.0706. The molecule has 0 bridgehead atoms. The summed E-state index contributed by atoms with van der Waals surface area (Å²) < 4.78 is 78.5. The molecule has 1 saturated carbocycles. The minimum Gasteiger partial charge on any atom is -0.460 e. The average Bonchev–Trinajstić information content (AvgIpc) is 2.93. The molecule has 1 aliphatic carbocycles. The highest BCUT2D eigenvalue weighted by molar-refractivity contribution is 7.91. The topological polar surface area (TPSA) is 116 Å². The SMILES string of the molecule is CC(C)(C)OC(=O)C=C(CCN(N)[C@H]1CC[C@@H](C(=O)OC(C)(C)C)C[C@H]1CS(=O)(=O)c1ccccc1)c1cccc(C(F)(F)F)c1. The van der Waals surface area contributed by atoms with Crippen molar-refractivity contribution in [3.8, 4) is 0 Å². The number of esters is 2. The number of carbonyl (C=O) groups excluding carboxylic acids is 2. The molecule has 2 aromatic rings. The summed E-state index contributed by atoms with van der Waals surface area (Å²) in [6.07, 6.45) is -2.30. The maximum absolute atomic E-state index is 13.5. The summed E-state index contributed by atoms with van der Waals surface area (Å²) in [4.78, 5) is 25.9. The standard InChI is InChI=1S/C34H45F3N2O6S/c1-32(2,3)44-30(40)21-24(23-11-10-12-27(20-23)34(35,36)37)17-18-39(38)29-16-15-25(31(41)45-33(4,5)6)19-26(29)22-46(42,43)28-13-8-7-9-14-28/h7-14,20-21,25-26,29H,15-19,22,38H2,1-6H3/t25-,26+,29+/m1/s1. The van der Waals surface area contributed by atoms with Crippen LogP contribution in [0.2, 0.25) is 0 Å². The second-order valence-corrected chi connectivity index (χ2v) is 15.8. The van der Waals surface area contributed by atoms with Crippen LogP contribution in [0.4, 0.5) is 13.2 Å². The zero-order valence-corrected chi connectivity index (χ0v) is 28.1. The normalized spacial score (nSPS) is 20.0. The van der Waals surface area contributed by atoms with Gasteiger partial charge in [0.2, 0.25) is 0 Å². The first kappa shape index (κ1) is 37.2. The van der Waals surface area contributed by atoms with Crippen molar-refractivity contribution in [2.24, 2.45) is 17.7 Å². The molecule has 3 rings (SSSR count). The Morgan fingerprint density at radius 3 is 2.15 bits per heavy atom. The molecular weight excluding hydrogens is 621 g/mol. The lowest BCUT2D eigenvalue weighted by Crippen LogP contribution is -2.51. The Labute approximate surface area is 270 Å². The lowest BCUT2D eigenvalue weighted by Gasteiger charge is -2.40. The highest BCUT2D eigenvalue weighted by atomic mass is 32.2. The van der Waals surface area contributed by atoms with Gasteiger partial charge in [0, 0.05) is 18.7 Å². The summed E-state index contributed by atoms with van der Waals surface area (Å²) in [7, 11) is -3.75. The summed E-state index contributed by atoms with van der Waals surface area (Å²) in [6, 6.07) is 12.2. The van der Waals surface area contributed by atoms with Crippen molar-refractivity contribution in [2.75, 3.05) is 12.3 Å². The highest BCUT2D eigenvalue weighted by Gasteiger charge is 2.40. The Morgan fingerprint density at radius 2 is 1.57 bits per heavy atom. The minimum atomic E-state index is -4.59. The van der Waals surface area contributed by atoms with E-state index in [4.69, 9.17) is 15.3 Å². The predicted octanol–water partition coefficient (Wildman–Crippen LogP) is 6.60. The van der Waals surface area contributed by atoms with Crippen LogP contribution in [0, 0.1) is 11.8 Å². The summed E-state index contributed by atoms with van der Waals surface area (Å²) in [5.74, 6) is 4.13. The Hall–Kier alpha value is -3.22. The molecule has 0 unspecified atom stereocenters. The van der Waals surface area contributed by atoms with Gasteiger partial charge in [-0.25, -0.2) is 18.2 Å². The number of hydrogen-bond donors (Lipinski definition) is 1. The second-order valence-electron chi connectivity index (χ2n) is 13.7. The van der Waals surface area contributed by atoms with E-state index in [-0.39, 0.29) is 41.2 Å². The number of sulfone groups is 1. The molecule has 0 spiro atoms. The molecule has 3 atom stereocenters. The Kier molecular flexibility index (Phi) is 11.9. The number of hydrazine groups is 1. The fourth-order valence-corrected chi connectivity index (χ4v) is 7.24. The lowest BCUT2D eigenvalue weighted by molar-refractivity contribution is -0.162. The van der Waals surface area contributed by atoms with Gasteiger partial charge in [-0.3, -0.25) is 10.6 Å². The van der Waals surface area contributed by atoms with Crippen LogP contribution in [0.25, 0.3) is 5.57 Å². The molecule has 0 aromatic heterocycles. The molecule has 0 radical (unpaired) electrons. The largest absolute Gasteiger partial charge is 0.460 e. The van der Waals surface area contributed by atoms with Crippen LogP contribution in [0.3, 0.4) is 0 Å². The third-order valence-corrected chi connectivity index (χ3v) is 9.40. The van der Waals surface area contributed by atoms with Crippen LogP contribution in [0.1, 0.15) is 78.4 Å². The van der Waals surface area contributed by atoms with Gasteiger partial charge < -0.3 is 9.47 Å². The predicted molar refractivity (Wildman–Crippen MR) is 170 cm³/mol.